The zero-order valence-corrected chi connectivity index (χ0v) is 39.4. The van der Waals surface area contributed by atoms with Crippen LogP contribution in [0.5, 0.6) is 5.75 Å². The number of imidazole rings is 1. The third-order valence-corrected chi connectivity index (χ3v) is 13.4. The Labute approximate surface area is 394 Å². The van der Waals surface area contributed by atoms with Crippen molar-refractivity contribution in [3.05, 3.63) is 223 Å². The van der Waals surface area contributed by atoms with Gasteiger partial charge in [-0.05, 0) is 118 Å². The molecule has 10 aromatic rings. The second-order valence-corrected chi connectivity index (χ2v) is 19.5. The minimum Gasteiger partial charge on any atom is -0.507 e. The molecular formula is C62H56N4O. The second-order valence-electron chi connectivity index (χ2n) is 19.5. The summed E-state index contributed by atoms with van der Waals surface area (Å²) >= 11 is 0. The minimum atomic E-state index is -0.252. The number of phenols is 1. The molecule has 330 valence electrons. The predicted octanol–water partition coefficient (Wildman–Crippen LogP) is 16.5. The fourth-order valence-corrected chi connectivity index (χ4v) is 9.59. The maximum absolute atomic E-state index is 11.6. The van der Waals surface area contributed by atoms with Gasteiger partial charge in [-0.1, -0.05) is 170 Å². The first kappa shape index (κ1) is 43.1. The van der Waals surface area contributed by atoms with Gasteiger partial charge in [0.1, 0.15) is 11.6 Å². The Bertz CT molecular complexity index is 3340. The summed E-state index contributed by atoms with van der Waals surface area (Å²) in [4.78, 5) is 13.0. The first-order valence-corrected chi connectivity index (χ1v) is 23.3. The number of hydrogen-bond acceptors (Lipinski definition) is 4. The molecule has 0 radical (unpaired) electrons. The maximum atomic E-state index is 11.6. The van der Waals surface area contributed by atoms with E-state index < -0.39 is 0 Å². The van der Waals surface area contributed by atoms with Crippen LogP contribution in [0.1, 0.15) is 76.6 Å². The highest BCUT2D eigenvalue weighted by atomic mass is 16.3. The molecular weight excluding hydrogens is 817 g/mol. The van der Waals surface area contributed by atoms with Crippen LogP contribution in [0.15, 0.2) is 200 Å². The number of pyridine rings is 1. The first-order valence-electron chi connectivity index (χ1n) is 23.3. The molecule has 0 amide bonds. The number of aromatic nitrogens is 3. The van der Waals surface area contributed by atoms with Gasteiger partial charge in [-0.2, -0.15) is 0 Å². The second kappa shape index (κ2) is 17.2. The van der Waals surface area contributed by atoms with Gasteiger partial charge in [0.05, 0.1) is 22.1 Å². The van der Waals surface area contributed by atoms with Crippen LogP contribution in [-0.2, 0) is 10.8 Å². The molecule has 1 N–H and O–H groups in total. The van der Waals surface area contributed by atoms with Crippen LogP contribution in [-0.4, -0.2) is 19.6 Å². The number of hydrogen-bond donors (Lipinski definition) is 1. The van der Waals surface area contributed by atoms with Crippen molar-refractivity contribution in [3.8, 4) is 45.1 Å². The molecule has 67 heavy (non-hydrogen) atoms. The van der Waals surface area contributed by atoms with E-state index in [0.29, 0.717) is 11.4 Å². The van der Waals surface area contributed by atoms with E-state index in [4.69, 9.17) is 9.97 Å². The molecule has 0 unspecified atom stereocenters. The molecule has 0 fully saturated rings. The lowest BCUT2D eigenvalue weighted by molar-refractivity contribution is 0.477. The highest BCUT2D eigenvalue weighted by Gasteiger charge is 2.27. The van der Waals surface area contributed by atoms with E-state index in [-0.39, 0.29) is 22.5 Å². The summed E-state index contributed by atoms with van der Waals surface area (Å²) in [7, 11) is 0. The Morgan fingerprint density at radius 2 is 1.12 bits per heavy atom. The van der Waals surface area contributed by atoms with Gasteiger partial charge in [-0.25, -0.2) is 4.98 Å². The lowest BCUT2D eigenvalue weighted by atomic mass is 9.76. The van der Waals surface area contributed by atoms with Crippen LogP contribution in [0.3, 0.4) is 0 Å². The number of aromatic hydroxyl groups is 1. The van der Waals surface area contributed by atoms with Crippen molar-refractivity contribution < 1.29 is 5.11 Å². The molecule has 0 atom stereocenters. The number of para-hydroxylation sites is 4. The molecule has 10 rings (SSSR count). The zero-order valence-electron chi connectivity index (χ0n) is 39.4. The van der Waals surface area contributed by atoms with Crippen LogP contribution in [0.25, 0.3) is 61.3 Å². The van der Waals surface area contributed by atoms with E-state index in [1.54, 1.807) is 6.07 Å². The molecule has 0 spiro atoms. The van der Waals surface area contributed by atoms with E-state index in [1.807, 2.05) is 24.4 Å². The Morgan fingerprint density at radius 1 is 0.522 bits per heavy atom. The first-order chi connectivity index (χ1) is 32.4. The lowest BCUT2D eigenvalue weighted by Crippen LogP contribution is -2.19. The van der Waals surface area contributed by atoms with Gasteiger partial charge in [-0.3, -0.25) is 9.55 Å². The smallest absolute Gasteiger partial charge is 0.149 e. The summed E-state index contributed by atoms with van der Waals surface area (Å²) in [6.45, 7) is 15.8. The number of benzene rings is 8. The molecule has 0 aliphatic rings. The molecule has 0 saturated carbocycles. The number of phenolic OH excluding ortho intramolecular Hbond substituents is 1. The molecule has 2 aromatic heterocycles. The van der Waals surface area contributed by atoms with Crippen molar-refractivity contribution in [2.75, 3.05) is 4.90 Å². The molecule has 2 heterocycles. The fourth-order valence-electron chi connectivity index (χ4n) is 9.59. The van der Waals surface area contributed by atoms with Crippen LogP contribution >= 0.6 is 0 Å². The van der Waals surface area contributed by atoms with Crippen molar-refractivity contribution in [1.29, 1.82) is 0 Å². The molecule has 0 aliphatic carbocycles. The molecule has 5 nitrogen and oxygen atoms in total. The van der Waals surface area contributed by atoms with Crippen molar-refractivity contribution in [3.63, 3.8) is 0 Å². The molecule has 0 aliphatic heterocycles. The normalized spacial score (nSPS) is 12.0. The molecule has 5 heteroatoms. The number of rotatable bonds is 10. The summed E-state index contributed by atoms with van der Waals surface area (Å²) in [5.74, 6) is 1.06. The number of nitrogens with zero attached hydrogens (tertiary/aromatic N) is 4. The highest BCUT2D eigenvalue weighted by Crippen LogP contribution is 2.45. The third kappa shape index (κ3) is 8.05. The summed E-state index contributed by atoms with van der Waals surface area (Å²) in [6, 6.07) is 68.5. The van der Waals surface area contributed by atoms with Gasteiger partial charge >= 0.3 is 0 Å². The summed E-state index contributed by atoms with van der Waals surface area (Å²) in [6.07, 6.45) is 1.97. The van der Waals surface area contributed by atoms with Gasteiger partial charge < -0.3 is 10.0 Å². The maximum Gasteiger partial charge on any atom is 0.149 e. The van der Waals surface area contributed by atoms with Crippen LogP contribution in [0.4, 0.5) is 17.1 Å². The highest BCUT2D eigenvalue weighted by molar-refractivity contribution is 6.02. The standard InChI is InChI=1S/C62H56N4O/c1-41(2)42-36-43(51-27-19-28-52-55(34-35-63-58(51)52)62(6,7)46-20-11-8-12-21-46)38-44(37-42)54-39-50(65(47-22-13-9-14-23-47)48-24-15-10-16-25-48)40-56-59(54)64-60(53-26-17-18-29-57(53)67)66(56)49-32-30-45(31-33-49)61(3,4)5/h8-41,67H,1-7H3. The lowest BCUT2D eigenvalue weighted by Gasteiger charge is -2.28. The van der Waals surface area contributed by atoms with E-state index >= 15 is 0 Å². The van der Waals surface area contributed by atoms with Crippen molar-refractivity contribution in [2.45, 2.75) is 65.2 Å². The summed E-state index contributed by atoms with van der Waals surface area (Å²) in [5, 5.41) is 12.7. The van der Waals surface area contributed by atoms with Crippen molar-refractivity contribution >= 4 is 39.0 Å². The van der Waals surface area contributed by atoms with E-state index in [2.05, 4.69) is 228 Å². The van der Waals surface area contributed by atoms with Gasteiger partial charge in [0, 0.05) is 50.9 Å². The number of anilines is 3. The topological polar surface area (TPSA) is 54.2 Å². The molecule has 8 aromatic carbocycles. The predicted molar refractivity (Wildman–Crippen MR) is 280 cm³/mol. The zero-order chi connectivity index (χ0) is 46.5. The van der Waals surface area contributed by atoms with Crippen molar-refractivity contribution in [1.82, 2.24) is 14.5 Å². The summed E-state index contributed by atoms with van der Waals surface area (Å²) < 4.78 is 2.22. The van der Waals surface area contributed by atoms with E-state index in [1.165, 1.54) is 22.3 Å². The SMILES string of the molecule is CC(C)c1cc(-c2cccc3c(C(C)(C)c4ccccc4)ccnc23)cc(-c2cc(N(c3ccccc3)c3ccccc3)cc3c2nc(-c2ccccc2O)n3-c2ccc(C(C)(C)C)cc2)c1. The van der Waals surface area contributed by atoms with E-state index in [0.717, 1.165) is 66.9 Å². The Balaban J connectivity index is 1.28. The van der Waals surface area contributed by atoms with Gasteiger partial charge in [0.15, 0.2) is 0 Å². The van der Waals surface area contributed by atoms with Gasteiger partial charge in [0.2, 0.25) is 0 Å². The van der Waals surface area contributed by atoms with Crippen LogP contribution < -0.4 is 4.90 Å². The van der Waals surface area contributed by atoms with Crippen molar-refractivity contribution in [2.24, 2.45) is 0 Å². The quantitative estimate of drug-likeness (QED) is 0.149. The Morgan fingerprint density at radius 3 is 1.75 bits per heavy atom. The monoisotopic (exact) mass is 872 g/mol. The van der Waals surface area contributed by atoms with E-state index in [9.17, 15) is 5.11 Å². The Kier molecular flexibility index (Phi) is 11.1. The van der Waals surface area contributed by atoms with Crippen LogP contribution in [0.2, 0.25) is 0 Å². The average Bonchev–Trinajstić information content (AvgIpc) is 3.73. The largest absolute Gasteiger partial charge is 0.507 e. The Hall–Kier alpha value is -7.76. The average molecular weight is 873 g/mol. The number of fused-ring (bicyclic) bond motifs is 2. The third-order valence-electron chi connectivity index (χ3n) is 13.4. The fraction of sp³-hybridized carbons (Fsp3) is 0.161. The molecule has 0 saturated heterocycles. The molecule has 0 bridgehead atoms. The minimum absolute atomic E-state index is 0.0271. The summed E-state index contributed by atoms with van der Waals surface area (Å²) in [5.41, 5.74) is 16.2. The van der Waals surface area contributed by atoms with Gasteiger partial charge in [-0.15, -0.1) is 0 Å². The van der Waals surface area contributed by atoms with Crippen LogP contribution in [0, 0.1) is 0 Å². The van der Waals surface area contributed by atoms with Gasteiger partial charge in [0.25, 0.3) is 0 Å².